The molecule has 0 atom stereocenters. The topological polar surface area (TPSA) is 26.9 Å². The monoisotopic (exact) mass is 209 g/mol. The lowest BCUT2D eigenvalue weighted by atomic mass is 10.0. The smallest absolute Gasteiger partial charge is 0.220 e. The molecule has 0 unspecified atom stereocenters. The molecule has 1 aliphatic carbocycles. The Labute approximate surface area is 94.1 Å². The molecule has 0 aliphatic heterocycles. The molecule has 0 fully saturated rings. The van der Waals surface area contributed by atoms with Crippen molar-refractivity contribution in [3.05, 3.63) is 70.2 Å². The molecule has 3 rings (SSSR count). The Morgan fingerprint density at radius 1 is 0.938 bits per heavy atom. The fraction of sp³-hybridized carbons (Fsp3) is 0.0714. The summed E-state index contributed by atoms with van der Waals surface area (Å²) in [5.74, 6) is 0. The van der Waals surface area contributed by atoms with Gasteiger partial charge in [-0.15, -0.1) is 0 Å². The second-order valence-electron chi connectivity index (χ2n) is 3.95. The number of benzene rings is 1. The lowest BCUT2D eigenvalue weighted by Crippen LogP contribution is -2.30. The van der Waals surface area contributed by atoms with Gasteiger partial charge >= 0.3 is 0 Å². The predicted molar refractivity (Wildman–Crippen MR) is 63.6 cm³/mol. The maximum absolute atomic E-state index is 11.6. The second kappa shape index (κ2) is 3.49. The fourth-order valence-corrected chi connectivity index (χ4v) is 2.11. The van der Waals surface area contributed by atoms with Crippen LogP contribution in [-0.4, -0.2) is 0 Å². The van der Waals surface area contributed by atoms with Gasteiger partial charge in [0, 0.05) is 24.1 Å². The molecule has 78 valence electrons. The Morgan fingerprint density at radius 3 is 2.69 bits per heavy atom. The van der Waals surface area contributed by atoms with Crippen LogP contribution < -0.4 is 4.73 Å². The van der Waals surface area contributed by atoms with E-state index in [-0.39, 0.29) is 0 Å². The van der Waals surface area contributed by atoms with E-state index in [0.29, 0.717) is 0 Å². The normalized spacial score (nSPS) is 12.8. The Bertz CT molecular complexity index is 573. The molecule has 0 saturated heterocycles. The van der Waals surface area contributed by atoms with E-state index in [9.17, 15) is 5.21 Å². The molecule has 2 heteroatoms. The molecule has 16 heavy (non-hydrogen) atoms. The van der Waals surface area contributed by atoms with Crippen LogP contribution in [0.1, 0.15) is 22.4 Å². The molecular weight excluding hydrogens is 198 g/mol. The van der Waals surface area contributed by atoms with Crippen molar-refractivity contribution < 1.29 is 4.73 Å². The molecule has 0 radical (unpaired) electrons. The zero-order valence-corrected chi connectivity index (χ0v) is 8.76. The number of hydrogen-bond donors (Lipinski definition) is 0. The highest BCUT2D eigenvalue weighted by molar-refractivity contribution is 5.72. The number of hydrogen-bond acceptors (Lipinski definition) is 1. The Morgan fingerprint density at radius 2 is 1.75 bits per heavy atom. The van der Waals surface area contributed by atoms with E-state index in [2.05, 4.69) is 12.1 Å². The van der Waals surface area contributed by atoms with Gasteiger partial charge in [-0.25, -0.2) is 0 Å². The van der Waals surface area contributed by atoms with Gasteiger partial charge in [-0.3, -0.25) is 0 Å². The lowest BCUT2D eigenvalue weighted by Gasteiger charge is -2.05. The minimum Gasteiger partial charge on any atom is -0.618 e. The minimum absolute atomic E-state index is 0.749. The standard InChI is InChI=1S/C14H11NO/c16-15-9-3-6-13-10-12-5-2-1-4-11(12)7-8-14(13)15/h1-9H,10H2. The van der Waals surface area contributed by atoms with E-state index in [1.165, 1.54) is 11.1 Å². The van der Waals surface area contributed by atoms with Crippen molar-refractivity contribution >= 4 is 12.2 Å². The van der Waals surface area contributed by atoms with Crippen LogP contribution in [0.3, 0.4) is 0 Å². The summed E-state index contributed by atoms with van der Waals surface area (Å²) < 4.78 is 0.928. The molecule has 1 aliphatic rings. The van der Waals surface area contributed by atoms with Crippen molar-refractivity contribution in [1.82, 2.24) is 0 Å². The number of fused-ring (bicyclic) bond motifs is 2. The summed E-state index contributed by atoms with van der Waals surface area (Å²) in [5.41, 5.74) is 4.29. The number of rotatable bonds is 0. The summed E-state index contributed by atoms with van der Waals surface area (Å²) in [5, 5.41) is 11.6. The maximum Gasteiger partial charge on any atom is 0.220 e. The first kappa shape index (κ1) is 9.16. The third kappa shape index (κ3) is 1.39. The van der Waals surface area contributed by atoms with Gasteiger partial charge < -0.3 is 5.21 Å². The van der Waals surface area contributed by atoms with Crippen LogP contribution in [0.25, 0.3) is 12.2 Å². The molecule has 1 aromatic heterocycles. The SMILES string of the molecule is [O-][n+]1cccc2c1C=Cc1ccccc1C2. The summed E-state index contributed by atoms with van der Waals surface area (Å²) in [6.07, 6.45) is 6.27. The summed E-state index contributed by atoms with van der Waals surface area (Å²) in [6.45, 7) is 0. The molecule has 2 aromatic rings. The van der Waals surface area contributed by atoms with Gasteiger partial charge in [-0.1, -0.05) is 24.3 Å². The van der Waals surface area contributed by atoms with Gasteiger partial charge in [0.1, 0.15) is 0 Å². The van der Waals surface area contributed by atoms with E-state index in [0.717, 1.165) is 22.4 Å². The molecule has 0 saturated carbocycles. The summed E-state index contributed by atoms with van der Waals surface area (Å²) in [4.78, 5) is 0. The third-order valence-electron chi connectivity index (χ3n) is 2.94. The van der Waals surface area contributed by atoms with E-state index < -0.39 is 0 Å². The first-order valence-electron chi connectivity index (χ1n) is 5.31. The van der Waals surface area contributed by atoms with Crippen LogP contribution in [0, 0.1) is 5.21 Å². The van der Waals surface area contributed by atoms with E-state index >= 15 is 0 Å². The van der Waals surface area contributed by atoms with Gasteiger partial charge in [0.05, 0.1) is 0 Å². The van der Waals surface area contributed by atoms with Crippen molar-refractivity contribution in [2.45, 2.75) is 6.42 Å². The van der Waals surface area contributed by atoms with Gasteiger partial charge in [0.25, 0.3) is 0 Å². The van der Waals surface area contributed by atoms with Crippen LogP contribution >= 0.6 is 0 Å². The zero-order chi connectivity index (χ0) is 11.0. The summed E-state index contributed by atoms with van der Waals surface area (Å²) >= 11 is 0. The highest BCUT2D eigenvalue weighted by Crippen LogP contribution is 2.22. The van der Waals surface area contributed by atoms with Crippen LogP contribution in [0.5, 0.6) is 0 Å². The second-order valence-corrected chi connectivity index (χ2v) is 3.95. The van der Waals surface area contributed by atoms with Crippen molar-refractivity contribution in [2.24, 2.45) is 0 Å². The summed E-state index contributed by atoms with van der Waals surface area (Å²) in [7, 11) is 0. The maximum atomic E-state index is 11.6. The van der Waals surface area contributed by atoms with Crippen molar-refractivity contribution in [1.29, 1.82) is 0 Å². The number of pyridine rings is 1. The number of nitrogens with zero attached hydrogens (tertiary/aromatic N) is 1. The quantitative estimate of drug-likeness (QED) is 0.412. The largest absolute Gasteiger partial charge is 0.618 e. The summed E-state index contributed by atoms with van der Waals surface area (Å²) in [6, 6.07) is 12.0. The zero-order valence-electron chi connectivity index (χ0n) is 8.76. The first-order valence-corrected chi connectivity index (χ1v) is 5.31. The molecule has 0 N–H and O–H groups in total. The van der Waals surface area contributed by atoms with E-state index in [1.807, 2.05) is 30.4 Å². The molecule has 1 heterocycles. The van der Waals surface area contributed by atoms with Crippen molar-refractivity contribution in [3.63, 3.8) is 0 Å². The predicted octanol–water partition coefficient (Wildman–Crippen LogP) is 2.39. The molecule has 0 bridgehead atoms. The van der Waals surface area contributed by atoms with Crippen LogP contribution in [-0.2, 0) is 6.42 Å². The number of aromatic nitrogens is 1. The first-order chi connectivity index (χ1) is 7.84. The highest BCUT2D eigenvalue weighted by Gasteiger charge is 2.14. The van der Waals surface area contributed by atoms with Crippen molar-refractivity contribution in [3.8, 4) is 0 Å². The van der Waals surface area contributed by atoms with E-state index in [1.54, 1.807) is 12.3 Å². The van der Waals surface area contributed by atoms with Gasteiger partial charge in [0.2, 0.25) is 5.69 Å². The Kier molecular flexibility index (Phi) is 2.00. The molecule has 0 spiro atoms. The molecule has 0 amide bonds. The van der Waals surface area contributed by atoms with Gasteiger partial charge in [-0.05, 0) is 23.3 Å². The van der Waals surface area contributed by atoms with Crippen LogP contribution in [0.2, 0.25) is 0 Å². The molecular formula is C14H11NO. The van der Waals surface area contributed by atoms with Crippen molar-refractivity contribution in [2.75, 3.05) is 0 Å². The average Bonchev–Trinajstić information content (AvgIpc) is 2.48. The minimum atomic E-state index is 0.749. The van der Waals surface area contributed by atoms with Crippen LogP contribution in [0.4, 0.5) is 0 Å². The molecule has 2 nitrogen and oxygen atoms in total. The average molecular weight is 209 g/mol. The van der Waals surface area contributed by atoms with Gasteiger partial charge in [0.15, 0.2) is 6.20 Å². The van der Waals surface area contributed by atoms with Crippen LogP contribution in [0.15, 0.2) is 42.6 Å². The fourth-order valence-electron chi connectivity index (χ4n) is 2.11. The third-order valence-corrected chi connectivity index (χ3v) is 2.94. The highest BCUT2D eigenvalue weighted by atomic mass is 16.5. The Hall–Kier alpha value is -2.09. The molecule has 1 aromatic carbocycles. The lowest BCUT2D eigenvalue weighted by molar-refractivity contribution is -0.607. The van der Waals surface area contributed by atoms with Gasteiger partial charge in [-0.2, -0.15) is 4.73 Å². The van der Waals surface area contributed by atoms with E-state index in [4.69, 9.17) is 0 Å². The Balaban J connectivity index is 2.21.